The van der Waals surface area contributed by atoms with E-state index in [0.29, 0.717) is 0 Å². The molecular formula is C62H56Ge2N2. The zero-order valence-electron chi connectivity index (χ0n) is 38.8. The number of benzene rings is 10. The Morgan fingerprint density at radius 2 is 0.530 bits per heavy atom. The molecule has 10 aromatic rings. The second kappa shape index (κ2) is 18.0. The Kier molecular flexibility index (Phi) is 11.8. The molecule has 4 heteroatoms. The molecule has 0 aliphatic carbocycles. The molecule has 0 N–H and O–H groups in total. The average molecular weight is 974 g/mol. The molecule has 10 rings (SSSR count). The van der Waals surface area contributed by atoms with Crippen LogP contribution in [0.5, 0.6) is 0 Å². The summed E-state index contributed by atoms with van der Waals surface area (Å²) in [6.45, 7) is 0. The third-order valence-electron chi connectivity index (χ3n) is 12.8. The zero-order valence-corrected chi connectivity index (χ0v) is 43.0. The van der Waals surface area contributed by atoms with E-state index in [0.717, 1.165) is 34.1 Å². The van der Waals surface area contributed by atoms with E-state index in [-0.39, 0.29) is 0 Å². The number of nitrogens with zero attached hydrogens (tertiary/aromatic N) is 2. The standard InChI is InChI=1S/C62H56Ge2N2/c1-63(2,3)53-29-37-57(38-30-53)65(55-33-21-47(22-34-55)19-17-45-13-9-7-10-14-45)59-41-49-25-27-51-43-60(44-52-28-26-50(42-59)61(49)62(51)52)66(58-39-31-54(32-40-58)64(4,5)6)56-35-23-48(24-36-56)20-18-46-15-11-8-12-16-46/h7-44H,1-6H3/b19-17+,20-18+. The maximum absolute atomic E-state index is 2.46. The molecule has 66 heavy (non-hydrogen) atoms. The Hall–Kier alpha value is -6.59. The number of rotatable bonds is 12. The van der Waals surface area contributed by atoms with E-state index in [9.17, 15) is 0 Å². The molecule has 0 radical (unpaired) electrons. The first-order valence-corrected chi connectivity index (χ1v) is 37.8. The molecule has 0 heterocycles. The van der Waals surface area contributed by atoms with E-state index in [4.69, 9.17) is 0 Å². The van der Waals surface area contributed by atoms with E-state index in [1.165, 1.54) is 63.4 Å². The number of anilines is 6. The first kappa shape index (κ1) is 43.3. The van der Waals surface area contributed by atoms with Crippen LogP contribution >= 0.6 is 0 Å². The van der Waals surface area contributed by atoms with Gasteiger partial charge in [-0.2, -0.15) is 0 Å². The Morgan fingerprint density at radius 3 is 0.803 bits per heavy atom. The summed E-state index contributed by atoms with van der Waals surface area (Å²) in [4.78, 5) is 4.84. The van der Waals surface area contributed by atoms with Gasteiger partial charge in [-0.05, 0) is 0 Å². The Morgan fingerprint density at radius 1 is 0.273 bits per heavy atom. The van der Waals surface area contributed by atoms with Crippen LogP contribution in [0.4, 0.5) is 34.1 Å². The normalized spacial score (nSPS) is 12.3. The monoisotopic (exact) mass is 976 g/mol. The van der Waals surface area contributed by atoms with Gasteiger partial charge in [-0.1, -0.05) is 60.7 Å². The summed E-state index contributed by atoms with van der Waals surface area (Å²) in [5, 5.41) is 7.56. The van der Waals surface area contributed by atoms with Crippen molar-refractivity contribution >= 4 is 126 Å². The fourth-order valence-corrected chi connectivity index (χ4v) is 14.1. The third-order valence-corrected chi connectivity index (χ3v) is 21.5. The molecular weight excluding hydrogens is 918 g/mol. The summed E-state index contributed by atoms with van der Waals surface area (Å²) >= 11 is -4.04. The van der Waals surface area contributed by atoms with Gasteiger partial charge in [0.25, 0.3) is 0 Å². The van der Waals surface area contributed by atoms with Crippen molar-refractivity contribution in [1.29, 1.82) is 0 Å². The fourth-order valence-electron chi connectivity index (χ4n) is 9.16. The van der Waals surface area contributed by atoms with Gasteiger partial charge in [0.1, 0.15) is 0 Å². The molecule has 0 spiro atoms. The predicted octanol–water partition coefficient (Wildman–Crippen LogP) is 17.0. The number of hydrogen-bond acceptors (Lipinski definition) is 2. The second-order valence-electron chi connectivity index (χ2n) is 19.6. The molecule has 0 aromatic heterocycles. The van der Waals surface area contributed by atoms with Gasteiger partial charge in [0, 0.05) is 0 Å². The van der Waals surface area contributed by atoms with Gasteiger partial charge < -0.3 is 0 Å². The van der Waals surface area contributed by atoms with Crippen LogP contribution in [-0.2, 0) is 0 Å². The molecule has 0 saturated carbocycles. The van der Waals surface area contributed by atoms with Gasteiger partial charge in [0.05, 0.1) is 0 Å². The predicted molar refractivity (Wildman–Crippen MR) is 296 cm³/mol. The zero-order chi connectivity index (χ0) is 45.4. The maximum atomic E-state index is 2.46. The van der Waals surface area contributed by atoms with Gasteiger partial charge in [0.2, 0.25) is 0 Å². The number of hydrogen-bond donors (Lipinski definition) is 0. The van der Waals surface area contributed by atoms with Gasteiger partial charge in [0.15, 0.2) is 0 Å². The van der Waals surface area contributed by atoms with Crippen LogP contribution in [0.3, 0.4) is 0 Å². The fraction of sp³-hybridized carbons (Fsp3) is 0.0968. The molecule has 0 amide bonds. The molecule has 0 bridgehead atoms. The van der Waals surface area contributed by atoms with Crippen molar-refractivity contribution in [2.24, 2.45) is 0 Å². The Bertz CT molecular complexity index is 3030. The molecule has 0 aliphatic heterocycles. The summed E-state index contributed by atoms with van der Waals surface area (Å²) in [5.41, 5.74) is 11.6. The summed E-state index contributed by atoms with van der Waals surface area (Å²) in [7, 11) is 0. The molecule has 0 fully saturated rings. The minimum absolute atomic E-state index is 1.13. The Labute approximate surface area is 396 Å². The van der Waals surface area contributed by atoms with Gasteiger partial charge in [-0.3, -0.25) is 0 Å². The van der Waals surface area contributed by atoms with Crippen LogP contribution < -0.4 is 18.6 Å². The molecule has 0 atom stereocenters. The summed E-state index contributed by atoms with van der Waals surface area (Å²) in [5.74, 6) is 14.8. The average Bonchev–Trinajstić information content (AvgIpc) is 3.33. The molecule has 322 valence electrons. The Balaban J connectivity index is 1.05. The summed E-state index contributed by atoms with van der Waals surface area (Å²) < 4.78 is 3.01. The van der Waals surface area contributed by atoms with Crippen LogP contribution in [0.25, 0.3) is 56.6 Å². The minimum atomic E-state index is -2.02. The molecule has 2 nitrogen and oxygen atoms in total. The van der Waals surface area contributed by atoms with Crippen LogP contribution in [0.2, 0.25) is 34.5 Å². The van der Waals surface area contributed by atoms with Crippen LogP contribution in [0.1, 0.15) is 22.3 Å². The van der Waals surface area contributed by atoms with Crippen molar-refractivity contribution in [2.45, 2.75) is 34.5 Å². The first-order chi connectivity index (χ1) is 31.9. The van der Waals surface area contributed by atoms with Crippen molar-refractivity contribution < 1.29 is 0 Å². The van der Waals surface area contributed by atoms with E-state index >= 15 is 0 Å². The van der Waals surface area contributed by atoms with Crippen molar-refractivity contribution in [3.63, 3.8) is 0 Å². The molecule has 0 saturated heterocycles. The quantitative estimate of drug-likeness (QED) is 0.0684. The molecule has 0 aliphatic rings. The topological polar surface area (TPSA) is 6.48 Å². The first-order valence-electron chi connectivity index (χ1n) is 23.2. The van der Waals surface area contributed by atoms with E-state index in [1.807, 2.05) is 0 Å². The van der Waals surface area contributed by atoms with Gasteiger partial charge in [-0.25, -0.2) is 0 Å². The van der Waals surface area contributed by atoms with E-state index in [1.54, 1.807) is 0 Å². The molecule has 0 unspecified atom stereocenters. The summed E-state index contributed by atoms with van der Waals surface area (Å²) in [6, 6.07) is 76.5. The van der Waals surface area contributed by atoms with Crippen molar-refractivity contribution in [1.82, 2.24) is 0 Å². The second-order valence-corrected chi connectivity index (χ2v) is 40.9. The molecule has 10 aromatic carbocycles. The third kappa shape index (κ3) is 9.13. The SMILES string of the molecule is [CH3][Ge]([CH3])([CH3])[c]1ccc(N(c2ccc(/C=C/c3ccccc3)cc2)c2cc3ccc4cc(N(c5ccc(/C=C/c6ccccc6)cc5)c5cc[c]([Ge]([CH3])([CH3])[CH3])cc5)cc5ccc(c2)c3c45)cc1. The van der Waals surface area contributed by atoms with Crippen LogP contribution in [-0.4, -0.2) is 26.5 Å². The van der Waals surface area contributed by atoms with E-state index < -0.39 is 26.5 Å². The van der Waals surface area contributed by atoms with Crippen molar-refractivity contribution in [3.8, 4) is 0 Å². The van der Waals surface area contributed by atoms with E-state index in [2.05, 4.69) is 275 Å². The van der Waals surface area contributed by atoms with Gasteiger partial charge >= 0.3 is 338 Å². The van der Waals surface area contributed by atoms with Crippen LogP contribution in [0, 0.1) is 0 Å². The van der Waals surface area contributed by atoms with Gasteiger partial charge in [-0.15, -0.1) is 0 Å². The summed E-state index contributed by atoms with van der Waals surface area (Å²) in [6.07, 6.45) is 8.74. The van der Waals surface area contributed by atoms with Crippen molar-refractivity contribution in [2.75, 3.05) is 9.80 Å². The van der Waals surface area contributed by atoms with Crippen molar-refractivity contribution in [3.05, 3.63) is 229 Å². The van der Waals surface area contributed by atoms with Crippen LogP contribution in [0.15, 0.2) is 206 Å².